The molecule has 5 rings (SSSR count). The highest BCUT2D eigenvalue weighted by atomic mass is 19.4. The first-order chi connectivity index (χ1) is 16.2. The summed E-state index contributed by atoms with van der Waals surface area (Å²) in [7, 11) is 0. The summed E-state index contributed by atoms with van der Waals surface area (Å²) in [4.78, 5) is 6.13. The first-order valence-electron chi connectivity index (χ1n) is 12.2. The molecule has 0 amide bonds. The number of aromatic nitrogens is 3. The van der Waals surface area contributed by atoms with Gasteiger partial charge in [-0.15, -0.1) is 10.2 Å². The molecule has 3 fully saturated rings. The topological polar surface area (TPSA) is 63.2 Å². The van der Waals surface area contributed by atoms with Gasteiger partial charge in [-0.3, -0.25) is 4.98 Å². The molecule has 34 heavy (non-hydrogen) atoms. The van der Waals surface area contributed by atoms with E-state index >= 15 is 0 Å². The Labute approximate surface area is 198 Å². The van der Waals surface area contributed by atoms with E-state index in [-0.39, 0.29) is 16.9 Å². The maximum Gasteiger partial charge on any atom is 0.434 e. The number of hydrogen-bond donors (Lipinski definition) is 1. The fourth-order valence-corrected chi connectivity index (χ4v) is 6.14. The van der Waals surface area contributed by atoms with Gasteiger partial charge in [0.1, 0.15) is 5.82 Å². The van der Waals surface area contributed by atoms with Gasteiger partial charge in [0, 0.05) is 44.0 Å². The summed E-state index contributed by atoms with van der Waals surface area (Å²) >= 11 is 0. The number of pyridine rings is 1. The number of ether oxygens (including phenoxy) is 1. The minimum atomic E-state index is -4.54. The maximum absolute atomic E-state index is 13.3. The zero-order chi connectivity index (χ0) is 23.9. The Morgan fingerprint density at radius 3 is 2.53 bits per heavy atom. The number of halogens is 3. The van der Waals surface area contributed by atoms with Crippen LogP contribution in [0.15, 0.2) is 30.5 Å². The Balaban J connectivity index is 1.15. The number of alkyl halides is 3. The number of hydrogen-bond acceptors (Lipinski definition) is 6. The van der Waals surface area contributed by atoms with Crippen LogP contribution in [0.1, 0.15) is 45.2 Å². The number of nitrogens with zero attached hydrogens (tertiary/aromatic N) is 4. The summed E-state index contributed by atoms with van der Waals surface area (Å²) in [6.45, 7) is 8.70. The van der Waals surface area contributed by atoms with Crippen molar-refractivity contribution in [3.05, 3.63) is 36.2 Å². The van der Waals surface area contributed by atoms with Crippen molar-refractivity contribution in [3.63, 3.8) is 0 Å². The zero-order valence-corrected chi connectivity index (χ0v) is 19.7. The average molecular weight is 476 g/mol. The first kappa shape index (κ1) is 23.5. The van der Waals surface area contributed by atoms with E-state index in [1.54, 1.807) is 12.1 Å². The lowest BCUT2D eigenvalue weighted by molar-refractivity contribution is -0.140. The predicted octanol–water partition coefficient (Wildman–Crippen LogP) is 4.88. The van der Waals surface area contributed by atoms with Crippen LogP contribution >= 0.6 is 0 Å². The smallest absolute Gasteiger partial charge is 0.376 e. The molecular formula is C25H32F3N5O. The third kappa shape index (κ3) is 5.20. The van der Waals surface area contributed by atoms with Gasteiger partial charge in [0.05, 0.1) is 11.3 Å². The summed E-state index contributed by atoms with van der Waals surface area (Å²) in [5.74, 6) is 2.68. The van der Waals surface area contributed by atoms with E-state index in [0.29, 0.717) is 29.6 Å². The van der Waals surface area contributed by atoms with Gasteiger partial charge in [0.2, 0.25) is 0 Å². The van der Waals surface area contributed by atoms with Gasteiger partial charge in [-0.1, -0.05) is 0 Å². The highest BCUT2D eigenvalue weighted by Gasteiger charge is 2.42. The van der Waals surface area contributed by atoms with Gasteiger partial charge in [-0.05, 0) is 81.5 Å². The van der Waals surface area contributed by atoms with E-state index in [1.807, 2.05) is 0 Å². The van der Waals surface area contributed by atoms with E-state index in [9.17, 15) is 13.2 Å². The predicted molar refractivity (Wildman–Crippen MR) is 123 cm³/mol. The second-order valence-electron chi connectivity index (χ2n) is 10.7. The lowest BCUT2D eigenvalue weighted by Gasteiger charge is -2.37. The van der Waals surface area contributed by atoms with Gasteiger partial charge >= 0.3 is 6.18 Å². The molecule has 1 aliphatic carbocycles. The van der Waals surface area contributed by atoms with E-state index in [0.717, 1.165) is 51.6 Å². The second-order valence-corrected chi connectivity index (χ2v) is 10.7. The Kier molecular flexibility index (Phi) is 6.27. The minimum absolute atomic E-state index is 0.00452. The van der Waals surface area contributed by atoms with Crippen molar-refractivity contribution in [2.75, 3.05) is 31.6 Å². The molecular weight excluding hydrogens is 443 g/mol. The van der Waals surface area contributed by atoms with Crippen LogP contribution in [0.3, 0.4) is 0 Å². The van der Waals surface area contributed by atoms with Crippen LogP contribution in [-0.2, 0) is 10.9 Å². The number of rotatable bonds is 5. The van der Waals surface area contributed by atoms with E-state index in [1.165, 1.54) is 18.7 Å². The maximum atomic E-state index is 13.3. The van der Waals surface area contributed by atoms with Gasteiger partial charge in [-0.2, -0.15) is 13.2 Å². The average Bonchev–Trinajstić information content (AvgIpc) is 3.31. The molecule has 2 unspecified atom stereocenters. The highest BCUT2D eigenvalue weighted by Crippen LogP contribution is 2.40. The molecule has 0 bridgehead atoms. The quantitative estimate of drug-likeness (QED) is 0.665. The van der Waals surface area contributed by atoms with Crippen LogP contribution in [0.2, 0.25) is 0 Å². The number of fused-ring (bicyclic) bond motifs is 1. The fraction of sp³-hybridized carbons (Fsp3) is 0.640. The molecule has 1 N–H and O–H groups in total. The molecule has 1 saturated carbocycles. The monoisotopic (exact) mass is 475 g/mol. The second kappa shape index (κ2) is 9.07. The van der Waals surface area contributed by atoms with Crippen molar-refractivity contribution < 1.29 is 17.9 Å². The fourth-order valence-electron chi connectivity index (χ4n) is 6.14. The minimum Gasteiger partial charge on any atom is -0.376 e. The largest absolute Gasteiger partial charge is 0.434 e. The molecule has 2 aromatic rings. The van der Waals surface area contributed by atoms with Crippen LogP contribution in [-0.4, -0.2) is 58.0 Å². The van der Waals surface area contributed by atoms with Crippen LogP contribution in [0.25, 0.3) is 11.3 Å². The third-order valence-corrected chi connectivity index (χ3v) is 7.51. The Hall–Kier alpha value is -2.26. The number of nitrogens with one attached hydrogen (secondary N) is 1. The van der Waals surface area contributed by atoms with Crippen LogP contribution < -0.4 is 5.32 Å². The summed E-state index contributed by atoms with van der Waals surface area (Å²) in [6.07, 6.45) is 1.05. The molecule has 2 aromatic heterocycles. The molecule has 4 atom stereocenters. The van der Waals surface area contributed by atoms with Crippen molar-refractivity contribution in [1.29, 1.82) is 0 Å². The van der Waals surface area contributed by atoms with E-state index in [2.05, 4.69) is 39.2 Å². The molecule has 9 heteroatoms. The SMILES string of the molecule is CC1(C)CC(CN2CC3C[C@@H](Nc4ccc(-c5cccnc5C(F)(F)F)nn4)C[C@@H]3C2)CCO1. The lowest BCUT2D eigenvalue weighted by atomic mass is 9.88. The summed E-state index contributed by atoms with van der Waals surface area (Å²) in [6, 6.07) is 6.46. The zero-order valence-electron chi connectivity index (χ0n) is 19.7. The molecule has 0 spiro atoms. The molecule has 6 nitrogen and oxygen atoms in total. The van der Waals surface area contributed by atoms with Crippen molar-refractivity contribution in [2.45, 2.75) is 57.3 Å². The normalized spacial score (nSPS) is 29.2. The summed E-state index contributed by atoms with van der Waals surface area (Å²) < 4.78 is 45.6. The molecule has 2 aliphatic heterocycles. The van der Waals surface area contributed by atoms with Crippen LogP contribution in [0.5, 0.6) is 0 Å². The molecule has 0 radical (unpaired) electrons. The summed E-state index contributed by atoms with van der Waals surface area (Å²) in [5.41, 5.74) is -0.837. The van der Waals surface area contributed by atoms with Gasteiger partial charge in [-0.25, -0.2) is 0 Å². The first-order valence-corrected chi connectivity index (χ1v) is 12.2. The molecule has 2 saturated heterocycles. The van der Waals surface area contributed by atoms with Crippen molar-refractivity contribution in [2.24, 2.45) is 17.8 Å². The van der Waals surface area contributed by atoms with Crippen LogP contribution in [0.4, 0.5) is 19.0 Å². The number of likely N-dealkylation sites (tertiary alicyclic amines) is 1. The van der Waals surface area contributed by atoms with Crippen molar-refractivity contribution >= 4 is 5.82 Å². The Morgan fingerprint density at radius 2 is 1.88 bits per heavy atom. The van der Waals surface area contributed by atoms with Gasteiger partial charge in [0.15, 0.2) is 5.69 Å². The standard InChI is InChI=1S/C25H32F3N5O/c1-24(2)12-16(7-9-34-24)13-33-14-17-10-19(11-18(17)15-33)30-22-6-5-21(31-32-22)20-4-3-8-29-23(20)25(26,27)28/h3-6,8,16-19H,7,9-15H2,1-2H3,(H,30,32)/t16?,17-,18?,19+/m1/s1. The highest BCUT2D eigenvalue weighted by molar-refractivity contribution is 5.62. The third-order valence-electron chi connectivity index (χ3n) is 7.51. The van der Waals surface area contributed by atoms with E-state index in [4.69, 9.17) is 4.74 Å². The van der Waals surface area contributed by atoms with Crippen molar-refractivity contribution in [3.8, 4) is 11.3 Å². The van der Waals surface area contributed by atoms with E-state index < -0.39 is 11.9 Å². The lowest BCUT2D eigenvalue weighted by Crippen LogP contribution is -2.39. The molecule has 0 aromatic carbocycles. The molecule has 4 heterocycles. The van der Waals surface area contributed by atoms with Crippen LogP contribution in [0, 0.1) is 17.8 Å². The van der Waals surface area contributed by atoms with Gasteiger partial charge in [0.25, 0.3) is 0 Å². The number of anilines is 1. The Bertz CT molecular complexity index is 983. The molecule has 184 valence electrons. The van der Waals surface area contributed by atoms with Gasteiger partial charge < -0.3 is 15.0 Å². The Morgan fingerprint density at radius 1 is 1.12 bits per heavy atom. The molecule has 3 aliphatic rings. The summed E-state index contributed by atoms with van der Waals surface area (Å²) in [5, 5.41) is 11.7. The van der Waals surface area contributed by atoms with Crippen molar-refractivity contribution in [1.82, 2.24) is 20.1 Å².